The highest BCUT2D eigenvalue weighted by molar-refractivity contribution is 5.96. The molecule has 5 nitrogen and oxygen atoms in total. The standard InChI is InChI=1S/C15H14FN3O2/c1-21-15(20)11-7-14(18-8-12(11)17)19-5-4-9-2-3-10(16)6-13(9)19/h2-3,6-8H,4-5,17H2,1H3. The number of hydrogen-bond donors (Lipinski definition) is 1. The number of nitrogens with two attached hydrogens (primary N) is 1. The van der Waals surface area contributed by atoms with Gasteiger partial charge in [0.2, 0.25) is 0 Å². The highest BCUT2D eigenvalue weighted by atomic mass is 19.1. The van der Waals surface area contributed by atoms with Crippen LogP contribution in [0.2, 0.25) is 0 Å². The molecule has 0 aliphatic carbocycles. The van der Waals surface area contributed by atoms with E-state index in [1.807, 2.05) is 4.90 Å². The third-order valence-electron chi connectivity index (χ3n) is 3.55. The number of methoxy groups -OCH3 is 1. The zero-order valence-corrected chi connectivity index (χ0v) is 11.5. The number of hydrogen-bond acceptors (Lipinski definition) is 5. The van der Waals surface area contributed by atoms with E-state index in [1.165, 1.54) is 25.4 Å². The molecule has 2 heterocycles. The van der Waals surface area contributed by atoms with E-state index in [0.717, 1.165) is 17.7 Å². The Hall–Kier alpha value is -2.63. The van der Waals surface area contributed by atoms with Crippen molar-refractivity contribution in [2.75, 3.05) is 24.3 Å². The quantitative estimate of drug-likeness (QED) is 0.858. The van der Waals surface area contributed by atoms with Gasteiger partial charge in [-0.2, -0.15) is 0 Å². The van der Waals surface area contributed by atoms with Gasteiger partial charge in [-0.1, -0.05) is 6.07 Å². The number of aromatic nitrogens is 1. The van der Waals surface area contributed by atoms with Gasteiger partial charge in [-0.25, -0.2) is 14.2 Å². The Labute approximate surface area is 121 Å². The van der Waals surface area contributed by atoms with Gasteiger partial charge >= 0.3 is 5.97 Å². The molecule has 0 saturated carbocycles. The van der Waals surface area contributed by atoms with Crippen molar-refractivity contribution in [1.29, 1.82) is 0 Å². The summed E-state index contributed by atoms with van der Waals surface area (Å²) >= 11 is 0. The molecule has 1 aliphatic heterocycles. The number of benzene rings is 1. The van der Waals surface area contributed by atoms with Crippen LogP contribution in [-0.2, 0) is 11.2 Å². The second kappa shape index (κ2) is 5.05. The van der Waals surface area contributed by atoms with Crippen LogP contribution in [0.25, 0.3) is 0 Å². The van der Waals surface area contributed by atoms with Gasteiger partial charge in [0.1, 0.15) is 11.6 Å². The number of ether oxygens (including phenoxy) is 1. The maximum absolute atomic E-state index is 13.4. The summed E-state index contributed by atoms with van der Waals surface area (Å²) in [4.78, 5) is 17.8. The summed E-state index contributed by atoms with van der Waals surface area (Å²) < 4.78 is 18.1. The fourth-order valence-electron chi connectivity index (χ4n) is 2.48. The Morgan fingerprint density at radius 3 is 3.00 bits per heavy atom. The van der Waals surface area contributed by atoms with Crippen LogP contribution in [0.3, 0.4) is 0 Å². The van der Waals surface area contributed by atoms with Gasteiger partial charge in [0, 0.05) is 12.2 Å². The predicted molar refractivity (Wildman–Crippen MR) is 77.1 cm³/mol. The van der Waals surface area contributed by atoms with Crippen LogP contribution in [-0.4, -0.2) is 24.6 Å². The Kier molecular flexibility index (Phi) is 3.21. The van der Waals surface area contributed by atoms with Gasteiger partial charge in [-0.3, -0.25) is 0 Å². The maximum Gasteiger partial charge on any atom is 0.340 e. The molecule has 1 aromatic heterocycles. The maximum atomic E-state index is 13.4. The van der Waals surface area contributed by atoms with E-state index in [2.05, 4.69) is 4.98 Å². The van der Waals surface area contributed by atoms with E-state index in [1.54, 1.807) is 12.1 Å². The van der Waals surface area contributed by atoms with Crippen molar-refractivity contribution in [3.05, 3.63) is 47.4 Å². The van der Waals surface area contributed by atoms with E-state index in [4.69, 9.17) is 10.5 Å². The average molecular weight is 287 g/mol. The van der Waals surface area contributed by atoms with E-state index in [-0.39, 0.29) is 17.1 Å². The zero-order chi connectivity index (χ0) is 15.0. The van der Waals surface area contributed by atoms with E-state index >= 15 is 0 Å². The first-order chi connectivity index (χ1) is 10.1. The lowest BCUT2D eigenvalue weighted by molar-refractivity contribution is 0.0602. The number of anilines is 3. The molecule has 1 aliphatic rings. The summed E-state index contributed by atoms with van der Waals surface area (Å²) in [5.41, 5.74) is 8.07. The van der Waals surface area contributed by atoms with Crippen molar-refractivity contribution in [3.8, 4) is 0 Å². The van der Waals surface area contributed by atoms with Crippen molar-refractivity contribution in [2.45, 2.75) is 6.42 Å². The van der Waals surface area contributed by atoms with Gasteiger partial charge in [0.25, 0.3) is 0 Å². The number of nitrogen functional groups attached to an aromatic ring is 1. The molecular formula is C15H14FN3O2. The number of nitrogens with zero attached hydrogens (tertiary/aromatic N) is 2. The Bertz CT molecular complexity index is 718. The fourth-order valence-corrected chi connectivity index (χ4v) is 2.48. The molecule has 3 rings (SSSR count). The van der Waals surface area contributed by atoms with Gasteiger partial charge in [-0.05, 0) is 30.2 Å². The van der Waals surface area contributed by atoms with Crippen LogP contribution in [0, 0.1) is 5.82 Å². The lowest BCUT2D eigenvalue weighted by Crippen LogP contribution is -2.16. The molecular weight excluding hydrogens is 273 g/mol. The van der Waals surface area contributed by atoms with Gasteiger partial charge in [0.15, 0.2) is 0 Å². The first-order valence-electron chi connectivity index (χ1n) is 6.50. The van der Waals surface area contributed by atoms with E-state index in [0.29, 0.717) is 12.4 Å². The van der Waals surface area contributed by atoms with Gasteiger partial charge in [0.05, 0.1) is 24.6 Å². The summed E-state index contributed by atoms with van der Waals surface area (Å²) in [5.74, 6) is -0.270. The number of carbonyl (C=O) groups is 1. The summed E-state index contributed by atoms with van der Waals surface area (Å²) in [6.07, 6.45) is 2.22. The minimum Gasteiger partial charge on any atom is -0.465 e. The third-order valence-corrected chi connectivity index (χ3v) is 3.55. The second-order valence-corrected chi connectivity index (χ2v) is 4.80. The lowest BCUT2D eigenvalue weighted by Gasteiger charge is -2.19. The molecule has 6 heteroatoms. The molecule has 2 N–H and O–H groups in total. The molecule has 108 valence electrons. The van der Waals surface area contributed by atoms with E-state index < -0.39 is 5.97 Å². The molecule has 0 saturated heterocycles. The number of esters is 1. The molecule has 0 atom stereocenters. The van der Waals surface area contributed by atoms with Crippen LogP contribution in [0.4, 0.5) is 21.6 Å². The Balaban J connectivity index is 2.04. The van der Waals surface area contributed by atoms with Crippen molar-refractivity contribution >= 4 is 23.2 Å². The first-order valence-corrected chi connectivity index (χ1v) is 6.50. The molecule has 0 amide bonds. The van der Waals surface area contributed by atoms with Crippen LogP contribution in [0.15, 0.2) is 30.5 Å². The lowest BCUT2D eigenvalue weighted by atomic mass is 10.1. The normalized spacial score (nSPS) is 13.1. The largest absolute Gasteiger partial charge is 0.465 e. The second-order valence-electron chi connectivity index (χ2n) is 4.80. The number of pyridine rings is 1. The van der Waals surface area contributed by atoms with Crippen molar-refractivity contribution < 1.29 is 13.9 Å². The summed E-state index contributed by atoms with van der Waals surface area (Å²) in [5, 5.41) is 0. The predicted octanol–water partition coefficient (Wildman–Crippen LogP) is 2.28. The zero-order valence-electron chi connectivity index (χ0n) is 11.5. The van der Waals surface area contributed by atoms with Crippen LogP contribution in [0.1, 0.15) is 15.9 Å². The molecule has 2 aromatic rings. The topological polar surface area (TPSA) is 68.5 Å². The summed E-state index contributed by atoms with van der Waals surface area (Å²) in [6, 6.07) is 6.25. The molecule has 0 fully saturated rings. The fraction of sp³-hybridized carbons (Fsp3) is 0.200. The third kappa shape index (κ3) is 2.29. The highest BCUT2D eigenvalue weighted by Gasteiger charge is 2.23. The molecule has 0 unspecified atom stereocenters. The van der Waals surface area contributed by atoms with Crippen molar-refractivity contribution in [2.24, 2.45) is 0 Å². The molecule has 1 aromatic carbocycles. The van der Waals surface area contributed by atoms with Crippen LogP contribution in [0.5, 0.6) is 0 Å². The van der Waals surface area contributed by atoms with Crippen LogP contribution >= 0.6 is 0 Å². The summed E-state index contributed by atoms with van der Waals surface area (Å²) in [7, 11) is 1.29. The minimum absolute atomic E-state index is 0.254. The Morgan fingerprint density at radius 2 is 2.24 bits per heavy atom. The molecule has 0 radical (unpaired) electrons. The minimum atomic E-state index is -0.519. The number of carbonyl (C=O) groups excluding carboxylic acids is 1. The monoisotopic (exact) mass is 287 g/mol. The highest BCUT2D eigenvalue weighted by Crippen LogP contribution is 2.34. The number of rotatable bonds is 2. The smallest absolute Gasteiger partial charge is 0.340 e. The summed E-state index contributed by atoms with van der Waals surface area (Å²) in [6.45, 7) is 0.677. The van der Waals surface area contributed by atoms with Gasteiger partial charge < -0.3 is 15.4 Å². The first kappa shape index (κ1) is 13.4. The SMILES string of the molecule is COC(=O)c1cc(N2CCc3ccc(F)cc32)ncc1N. The Morgan fingerprint density at radius 1 is 1.43 bits per heavy atom. The number of halogens is 1. The number of fused-ring (bicyclic) bond motifs is 1. The average Bonchev–Trinajstić information content (AvgIpc) is 2.90. The van der Waals surface area contributed by atoms with Crippen LogP contribution < -0.4 is 10.6 Å². The van der Waals surface area contributed by atoms with E-state index in [9.17, 15) is 9.18 Å². The van der Waals surface area contributed by atoms with Crippen molar-refractivity contribution in [3.63, 3.8) is 0 Å². The molecule has 21 heavy (non-hydrogen) atoms. The van der Waals surface area contributed by atoms with Crippen molar-refractivity contribution in [1.82, 2.24) is 4.98 Å². The van der Waals surface area contributed by atoms with Gasteiger partial charge in [-0.15, -0.1) is 0 Å². The molecule has 0 spiro atoms. The molecule has 0 bridgehead atoms.